The largest absolute Gasteiger partial charge is 0.340 e. The van der Waals surface area contributed by atoms with Gasteiger partial charge in [-0.25, -0.2) is 12.7 Å². The van der Waals surface area contributed by atoms with E-state index in [1.165, 1.54) is 0 Å². The third-order valence-corrected chi connectivity index (χ3v) is 5.68. The van der Waals surface area contributed by atoms with Gasteiger partial charge in [-0.05, 0) is 19.3 Å². The highest BCUT2D eigenvalue weighted by molar-refractivity contribution is 7.89. The number of carbonyl (C=O) groups excluding carboxylic acids is 1. The minimum absolute atomic E-state index is 0. The van der Waals surface area contributed by atoms with Gasteiger partial charge in [-0.15, -0.1) is 12.4 Å². The van der Waals surface area contributed by atoms with E-state index in [1.807, 2.05) is 4.90 Å². The number of piperazine rings is 1. The van der Waals surface area contributed by atoms with Gasteiger partial charge >= 0.3 is 0 Å². The summed E-state index contributed by atoms with van der Waals surface area (Å²) in [6, 6.07) is 0. The molecule has 1 amide bonds. The second-order valence-electron chi connectivity index (χ2n) is 5.16. The molecule has 0 bridgehead atoms. The molecule has 0 aromatic rings. The molecule has 2 heterocycles. The molecule has 0 radical (unpaired) electrons. The SMILES string of the molecule is Cl.O=C(CCCS(=O)(=O)N1CCCC1)N1CCNCC1. The van der Waals surface area contributed by atoms with Crippen molar-refractivity contribution >= 4 is 28.3 Å². The van der Waals surface area contributed by atoms with E-state index in [2.05, 4.69) is 5.32 Å². The molecular formula is C12H24ClN3O3S. The second-order valence-corrected chi connectivity index (χ2v) is 7.24. The van der Waals surface area contributed by atoms with E-state index in [0.29, 0.717) is 25.9 Å². The maximum atomic E-state index is 12.0. The molecule has 0 unspecified atom stereocenters. The molecule has 8 heteroatoms. The van der Waals surface area contributed by atoms with E-state index >= 15 is 0 Å². The zero-order chi connectivity index (χ0) is 13.7. The van der Waals surface area contributed by atoms with Gasteiger partial charge in [0.15, 0.2) is 0 Å². The average molecular weight is 326 g/mol. The first-order chi connectivity index (χ1) is 9.09. The molecule has 2 fully saturated rings. The Morgan fingerprint density at radius 2 is 1.65 bits per heavy atom. The second kappa shape index (κ2) is 8.17. The third kappa shape index (κ3) is 4.87. The van der Waals surface area contributed by atoms with Gasteiger partial charge in [0.2, 0.25) is 15.9 Å². The van der Waals surface area contributed by atoms with Crippen LogP contribution in [0.2, 0.25) is 0 Å². The Morgan fingerprint density at radius 3 is 2.25 bits per heavy atom. The summed E-state index contributed by atoms with van der Waals surface area (Å²) >= 11 is 0. The lowest BCUT2D eigenvalue weighted by molar-refractivity contribution is -0.131. The van der Waals surface area contributed by atoms with Crippen LogP contribution in [0.3, 0.4) is 0 Å². The minimum atomic E-state index is -3.14. The van der Waals surface area contributed by atoms with Crippen molar-refractivity contribution in [2.75, 3.05) is 45.0 Å². The molecule has 2 rings (SSSR count). The van der Waals surface area contributed by atoms with Gasteiger partial charge in [-0.2, -0.15) is 0 Å². The Kier molecular flexibility index (Phi) is 7.22. The van der Waals surface area contributed by atoms with Crippen LogP contribution in [0.4, 0.5) is 0 Å². The molecule has 20 heavy (non-hydrogen) atoms. The molecule has 0 atom stereocenters. The van der Waals surface area contributed by atoms with Crippen molar-refractivity contribution in [2.45, 2.75) is 25.7 Å². The maximum Gasteiger partial charge on any atom is 0.222 e. The van der Waals surface area contributed by atoms with E-state index in [-0.39, 0.29) is 24.1 Å². The van der Waals surface area contributed by atoms with Crippen molar-refractivity contribution < 1.29 is 13.2 Å². The lowest BCUT2D eigenvalue weighted by Gasteiger charge is -2.27. The van der Waals surface area contributed by atoms with Crippen molar-refractivity contribution in [1.29, 1.82) is 0 Å². The number of hydrogen-bond acceptors (Lipinski definition) is 4. The third-order valence-electron chi connectivity index (χ3n) is 3.72. The molecule has 0 aromatic carbocycles. The smallest absolute Gasteiger partial charge is 0.222 e. The quantitative estimate of drug-likeness (QED) is 0.775. The monoisotopic (exact) mass is 325 g/mol. The number of nitrogens with one attached hydrogen (secondary N) is 1. The van der Waals surface area contributed by atoms with Gasteiger partial charge in [0.05, 0.1) is 5.75 Å². The normalized spacial score (nSPS) is 20.7. The molecule has 2 aliphatic heterocycles. The predicted molar refractivity (Wildman–Crippen MR) is 80.5 cm³/mol. The van der Waals surface area contributed by atoms with Crippen molar-refractivity contribution in [1.82, 2.24) is 14.5 Å². The van der Waals surface area contributed by atoms with Gasteiger partial charge in [0.25, 0.3) is 0 Å². The van der Waals surface area contributed by atoms with Gasteiger partial charge in [0.1, 0.15) is 0 Å². The van der Waals surface area contributed by atoms with Gasteiger partial charge in [-0.3, -0.25) is 4.79 Å². The van der Waals surface area contributed by atoms with Gasteiger partial charge < -0.3 is 10.2 Å². The lowest BCUT2D eigenvalue weighted by atomic mass is 10.2. The summed E-state index contributed by atoms with van der Waals surface area (Å²) in [7, 11) is -3.14. The van der Waals surface area contributed by atoms with E-state index in [1.54, 1.807) is 4.31 Å². The molecule has 2 aliphatic rings. The van der Waals surface area contributed by atoms with Crippen LogP contribution in [-0.2, 0) is 14.8 Å². The molecule has 6 nitrogen and oxygen atoms in total. The lowest BCUT2D eigenvalue weighted by Crippen LogP contribution is -2.46. The van der Waals surface area contributed by atoms with Crippen LogP contribution in [0, 0.1) is 0 Å². The number of rotatable bonds is 5. The summed E-state index contributed by atoms with van der Waals surface area (Å²) in [4.78, 5) is 13.7. The summed E-state index contributed by atoms with van der Waals surface area (Å²) in [5.74, 6) is 0.184. The first-order valence-electron chi connectivity index (χ1n) is 7.06. The molecule has 1 N–H and O–H groups in total. The standard InChI is InChI=1S/C12H23N3O3S.ClH/c16-12(14-9-5-13-6-10-14)4-3-11-19(17,18)15-7-1-2-8-15;/h13H,1-11H2;1H. The van der Waals surface area contributed by atoms with Crippen molar-refractivity contribution in [2.24, 2.45) is 0 Å². The summed E-state index contributed by atoms with van der Waals surface area (Å²) in [6.07, 6.45) is 2.69. The molecular weight excluding hydrogens is 302 g/mol. The molecule has 0 spiro atoms. The number of halogens is 1. The Labute approximate surface area is 127 Å². The Morgan fingerprint density at radius 1 is 1.05 bits per heavy atom. The highest BCUT2D eigenvalue weighted by Gasteiger charge is 2.25. The van der Waals surface area contributed by atoms with Crippen LogP contribution in [-0.4, -0.2) is 68.6 Å². The number of sulfonamides is 1. The number of nitrogens with zero attached hydrogens (tertiary/aromatic N) is 2. The fourth-order valence-electron chi connectivity index (χ4n) is 2.57. The Hall–Kier alpha value is -0.370. The zero-order valence-corrected chi connectivity index (χ0v) is 13.3. The van der Waals surface area contributed by atoms with E-state index in [0.717, 1.165) is 39.0 Å². The van der Waals surface area contributed by atoms with Gasteiger partial charge in [0, 0.05) is 45.7 Å². The average Bonchev–Trinajstić information content (AvgIpc) is 2.94. The zero-order valence-electron chi connectivity index (χ0n) is 11.7. The summed E-state index contributed by atoms with van der Waals surface area (Å²) in [5, 5.41) is 3.19. The van der Waals surface area contributed by atoms with Crippen LogP contribution in [0.1, 0.15) is 25.7 Å². The van der Waals surface area contributed by atoms with Gasteiger partial charge in [-0.1, -0.05) is 0 Å². The van der Waals surface area contributed by atoms with Crippen molar-refractivity contribution in [3.05, 3.63) is 0 Å². The minimum Gasteiger partial charge on any atom is -0.340 e. The fourth-order valence-corrected chi connectivity index (χ4v) is 4.16. The van der Waals surface area contributed by atoms with Crippen LogP contribution in [0.5, 0.6) is 0 Å². The van der Waals surface area contributed by atoms with Crippen LogP contribution in [0.15, 0.2) is 0 Å². The van der Waals surface area contributed by atoms with Crippen LogP contribution < -0.4 is 5.32 Å². The number of amides is 1. The number of carbonyl (C=O) groups is 1. The van der Waals surface area contributed by atoms with Crippen molar-refractivity contribution in [3.63, 3.8) is 0 Å². The highest BCUT2D eigenvalue weighted by atomic mass is 35.5. The maximum absolute atomic E-state index is 12.0. The molecule has 118 valence electrons. The highest BCUT2D eigenvalue weighted by Crippen LogP contribution is 2.14. The fraction of sp³-hybridized carbons (Fsp3) is 0.917. The predicted octanol–water partition coefficient (Wildman–Crippen LogP) is 0.0458. The molecule has 2 saturated heterocycles. The first kappa shape index (κ1) is 17.7. The topological polar surface area (TPSA) is 69.7 Å². The Balaban J connectivity index is 0.00000200. The van der Waals surface area contributed by atoms with E-state index < -0.39 is 10.0 Å². The molecule has 0 aromatic heterocycles. The summed E-state index contributed by atoms with van der Waals surface area (Å²) in [6.45, 7) is 4.42. The summed E-state index contributed by atoms with van der Waals surface area (Å²) < 4.78 is 25.5. The Bertz CT molecular complexity index is 404. The first-order valence-corrected chi connectivity index (χ1v) is 8.67. The van der Waals surface area contributed by atoms with Crippen LogP contribution >= 0.6 is 12.4 Å². The number of hydrogen-bond donors (Lipinski definition) is 1. The van der Waals surface area contributed by atoms with Crippen molar-refractivity contribution in [3.8, 4) is 0 Å². The summed E-state index contributed by atoms with van der Waals surface area (Å²) in [5.41, 5.74) is 0. The molecule has 0 aliphatic carbocycles. The molecule has 0 saturated carbocycles. The van der Waals surface area contributed by atoms with E-state index in [9.17, 15) is 13.2 Å². The van der Waals surface area contributed by atoms with E-state index in [4.69, 9.17) is 0 Å². The van der Waals surface area contributed by atoms with Crippen LogP contribution in [0.25, 0.3) is 0 Å².